The van der Waals surface area contributed by atoms with Gasteiger partial charge in [-0.3, -0.25) is 4.79 Å². The predicted molar refractivity (Wildman–Crippen MR) is 68.5 cm³/mol. The number of aliphatic carboxylic acids is 1. The molecule has 17 heavy (non-hydrogen) atoms. The Morgan fingerprint density at radius 3 is 3.00 bits per heavy atom. The number of carbonyl (C=O) groups is 1. The van der Waals surface area contributed by atoms with Crippen molar-refractivity contribution in [1.82, 2.24) is 4.98 Å². The molecule has 0 atom stereocenters. The van der Waals surface area contributed by atoms with Crippen molar-refractivity contribution in [2.75, 3.05) is 11.9 Å². The van der Waals surface area contributed by atoms with E-state index in [9.17, 15) is 4.79 Å². The Hall–Kier alpha value is -1.10. The summed E-state index contributed by atoms with van der Waals surface area (Å²) >= 11 is 1.49. The number of carboxylic acid groups (broad SMARTS) is 1. The van der Waals surface area contributed by atoms with Crippen LogP contribution in [0.2, 0.25) is 0 Å². The fourth-order valence-corrected chi connectivity index (χ4v) is 2.82. The van der Waals surface area contributed by atoms with E-state index in [1.54, 1.807) is 0 Å². The summed E-state index contributed by atoms with van der Waals surface area (Å²) in [6.07, 6.45) is 5.12. The molecule has 0 spiro atoms. The van der Waals surface area contributed by atoms with Crippen LogP contribution in [0.15, 0.2) is 5.38 Å². The molecule has 2 N–H and O–H groups in total. The number of nitrogens with zero attached hydrogens (tertiary/aromatic N) is 1. The standard InChI is InChI=1S/C12H18N2O2S/c1-2-3-12(4-5-12)8-13-11-14-9(7-17-11)6-10(15)16/h7H,2-6,8H2,1H3,(H,13,14)(H,15,16). The van der Waals surface area contributed by atoms with E-state index in [0.29, 0.717) is 11.1 Å². The summed E-state index contributed by atoms with van der Waals surface area (Å²) in [7, 11) is 0. The van der Waals surface area contributed by atoms with Crippen molar-refractivity contribution in [3.05, 3.63) is 11.1 Å². The molecule has 4 nitrogen and oxygen atoms in total. The highest BCUT2D eigenvalue weighted by Gasteiger charge is 2.41. The molecule has 1 aromatic rings. The number of anilines is 1. The number of rotatable bonds is 7. The maximum atomic E-state index is 10.5. The molecule has 0 saturated heterocycles. The highest BCUT2D eigenvalue weighted by molar-refractivity contribution is 7.13. The molecule has 1 fully saturated rings. The summed E-state index contributed by atoms with van der Waals surface area (Å²) < 4.78 is 0. The first kappa shape index (κ1) is 12.4. The van der Waals surface area contributed by atoms with Crippen molar-refractivity contribution in [3.8, 4) is 0 Å². The summed E-state index contributed by atoms with van der Waals surface area (Å²) in [5.41, 5.74) is 1.14. The van der Waals surface area contributed by atoms with Crippen LogP contribution < -0.4 is 5.32 Å². The molecule has 1 aliphatic carbocycles. The number of aromatic nitrogens is 1. The summed E-state index contributed by atoms with van der Waals surface area (Å²) in [6.45, 7) is 3.19. The largest absolute Gasteiger partial charge is 0.481 e. The molecule has 1 heterocycles. The van der Waals surface area contributed by atoms with E-state index in [0.717, 1.165) is 11.7 Å². The topological polar surface area (TPSA) is 62.2 Å². The Morgan fingerprint density at radius 2 is 2.41 bits per heavy atom. The zero-order valence-electron chi connectivity index (χ0n) is 10.0. The average molecular weight is 254 g/mol. The molecule has 0 bridgehead atoms. The van der Waals surface area contributed by atoms with E-state index in [4.69, 9.17) is 5.11 Å². The first-order chi connectivity index (χ1) is 8.13. The quantitative estimate of drug-likeness (QED) is 0.785. The van der Waals surface area contributed by atoms with Gasteiger partial charge in [0, 0.05) is 11.9 Å². The van der Waals surface area contributed by atoms with Crippen molar-refractivity contribution >= 4 is 22.4 Å². The Morgan fingerprint density at radius 1 is 1.65 bits per heavy atom. The van der Waals surface area contributed by atoms with Gasteiger partial charge < -0.3 is 10.4 Å². The predicted octanol–water partition coefficient (Wildman–Crippen LogP) is 2.76. The molecular weight excluding hydrogens is 236 g/mol. The van der Waals surface area contributed by atoms with Gasteiger partial charge in [-0.2, -0.15) is 0 Å². The lowest BCUT2D eigenvalue weighted by atomic mass is 10.0. The average Bonchev–Trinajstić information content (AvgIpc) is 2.88. The van der Waals surface area contributed by atoms with Crippen molar-refractivity contribution in [2.24, 2.45) is 5.41 Å². The lowest BCUT2D eigenvalue weighted by Crippen LogP contribution is -2.15. The molecular formula is C12H18N2O2S. The SMILES string of the molecule is CCCC1(CNc2nc(CC(=O)O)cs2)CC1. The van der Waals surface area contributed by atoms with E-state index < -0.39 is 5.97 Å². The molecule has 0 radical (unpaired) electrons. The van der Waals surface area contributed by atoms with Crippen molar-refractivity contribution in [3.63, 3.8) is 0 Å². The van der Waals surface area contributed by atoms with E-state index in [1.807, 2.05) is 5.38 Å². The minimum Gasteiger partial charge on any atom is -0.481 e. The van der Waals surface area contributed by atoms with Crippen LogP contribution in [-0.2, 0) is 11.2 Å². The zero-order valence-corrected chi connectivity index (χ0v) is 10.8. The van der Waals surface area contributed by atoms with Gasteiger partial charge in [-0.25, -0.2) is 4.98 Å². The molecule has 1 aliphatic rings. The Balaban J connectivity index is 1.83. The summed E-state index contributed by atoms with van der Waals surface area (Å²) in [4.78, 5) is 14.8. The van der Waals surface area contributed by atoms with Crippen LogP contribution in [0.3, 0.4) is 0 Å². The van der Waals surface area contributed by atoms with Crippen molar-refractivity contribution in [2.45, 2.75) is 39.0 Å². The van der Waals surface area contributed by atoms with Gasteiger partial charge in [0.25, 0.3) is 0 Å². The molecule has 0 aliphatic heterocycles. The Kier molecular flexibility index (Phi) is 3.66. The van der Waals surface area contributed by atoms with E-state index in [2.05, 4.69) is 17.2 Å². The van der Waals surface area contributed by atoms with Gasteiger partial charge in [-0.15, -0.1) is 11.3 Å². The van der Waals surface area contributed by atoms with Gasteiger partial charge in [0.1, 0.15) is 0 Å². The van der Waals surface area contributed by atoms with Gasteiger partial charge in [0.15, 0.2) is 5.13 Å². The van der Waals surface area contributed by atoms with Crippen LogP contribution in [0.5, 0.6) is 0 Å². The minimum atomic E-state index is -0.827. The Labute approximate surface area is 105 Å². The van der Waals surface area contributed by atoms with Crippen LogP contribution in [0.4, 0.5) is 5.13 Å². The van der Waals surface area contributed by atoms with E-state index in [-0.39, 0.29) is 6.42 Å². The number of hydrogen-bond donors (Lipinski definition) is 2. The highest BCUT2D eigenvalue weighted by atomic mass is 32.1. The van der Waals surface area contributed by atoms with E-state index in [1.165, 1.54) is 37.0 Å². The Bertz CT molecular complexity index is 399. The minimum absolute atomic E-state index is 0.0122. The fourth-order valence-electron chi connectivity index (χ4n) is 2.11. The fraction of sp³-hybridized carbons (Fsp3) is 0.667. The maximum Gasteiger partial charge on any atom is 0.309 e. The molecule has 0 aromatic carbocycles. The first-order valence-corrected chi connectivity index (χ1v) is 6.92. The van der Waals surface area contributed by atoms with Gasteiger partial charge in [-0.1, -0.05) is 13.3 Å². The van der Waals surface area contributed by atoms with Crippen LogP contribution in [0, 0.1) is 5.41 Å². The second-order valence-corrected chi connectivity index (χ2v) is 5.68. The first-order valence-electron chi connectivity index (χ1n) is 6.04. The zero-order chi connectivity index (χ0) is 12.3. The summed E-state index contributed by atoms with van der Waals surface area (Å²) in [5, 5.41) is 14.7. The molecule has 0 unspecified atom stereocenters. The summed E-state index contributed by atoms with van der Waals surface area (Å²) in [5.74, 6) is -0.827. The van der Waals surface area contributed by atoms with E-state index >= 15 is 0 Å². The van der Waals surface area contributed by atoms with Gasteiger partial charge in [-0.05, 0) is 24.7 Å². The van der Waals surface area contributed by atoms with Gasteiger partial charge >= 0.3 is 5.97 Å². The third-order valence-corrected chi connectivity index (χ3v) is 4.08. The van der Waals surface area contributed by atoms with Crippen LogP contribution >= 0.6 is 11.3 Å². The number of nitrogens with one attached hydrogen (secondary N) is 1. The molecule has 2 rings (SSSR count). The molecule has 94 valence electrons. The summed E-state index contributed by atoms with van der Waals surface area (Å²) in [6, 6.07) is 0. The maximum absolute atomic E-state index is 10.5. The van der Waals surface area contributed by atoms with Crippen molar-refractivity contribution in [1.29, 1.82) is 0 Å². The number of thiazole rings is 1. The highest BCUT2D eigenvalue weighted by Crippen LogP contribution is 2.49. The third kappa shape index (κ3) is 3.43. The lowest BCUT2D eigenvalue weighted by molar-refractivity contribution is -0.136. The van der Waals surface area contributed by atoms with Crippen LogP contribution in [-0.4, -0.2) is 22.6 Å². The van der Waals surface area contributed by atoms with Gasteiger partial charge in [0.2, 0.25) is 0 Å². The van der Waals surface area contributed by atoms with Gasteiger partial charge in [0.05, 0.1) is 12.1 Å². The molecule has 1 aromatic heterocycles. The number of hydrogen-bond acceptors (Lipinski definition) is 4. The lowest BCUT2D eigenvalue weighted by Gasteiger charge is -2.13. The monoisotopic (exact) mass is 254 g/mol. The van der Waals surface area contributed by atoms with Crippen LogP contribution in [0.1, 0.15) is 38.3 Å². The van der Waals surface area contributed by atoms with Crippen LogP contribution in [0.25, 0.3) is 0 Å². The molecule has 1 saturated carbocycles. The molecule has 0 amide bonds. The molecule has 5 heteroatoms. The second kappa shape index (κ2) is 5.04. The van der Waals surface area contributed by atoms with Crippen molar-refractivity contribution < 1.29 is 9.90 Å². The third-order valence-electron chi connectivity index (χ3n) is 3.24. The normalized spacial score (nSPS) is 16.8. The smallest absolute Gasteiger partial charge is 0.309 e. The second-order valence-electron chi connectivity index (χ2n) is 4.82. The number of carboxylic acids is 1.